The van der Waals surface area contributed by atoms with Gasteiger partial charge in [-0.1, -0.05) is 266 Å². The lowest BCUT2D eigenvalue weighted by Crippen LogP contribution is -2.40. The SMILES string of the molecule is CC/C=C\C/C=C\C/C=C\C/C=C\C/C=C\C/C=C\CCCCCCCCCCCCCCC(=O)OC(COC(=O)CCCCCCCCCCCCC/C=C\CCCCCCCCCC)COC(OCC[N+](C)(C)C)C(=O)O. The van der Waals surface area contributed by atoms with Crippen molar-refractivity contribution in [3.8, 4) is 0 Å². The predicted octanol–water partition coefficient (Wildman–Crippen LogP) is 19.9. The Morgan fingerprint density at radius 1 is 0.392 bits per heavy atom. The number of allylic oxidation sites excluding steroid dienone is 14. The highest BCUT2D eigenvalue weighted by Gasteiger charge is 2.25. The van der Waals surface area contributed by atoms with Crippen LogP contribution in [0.1, 0.15) is 284 Å². The Balaban J connectivity index is 4.17. The van der Waals surface area contributed by atoms with E-state index in [1.807, 2.05) is 21.1 Å². The fourth-order valence-electron chi connectivity index (χ4n) is 9.13. The molecule has 0 aliphatic rings. The number of unbranched alkanes of at least 4 members (excludes halogenated alkanes) is 31. The van der Waals surface area contributed by atoms with Gasteiger partial charge in [0, 0.05) is 12.8 Å². The Morgan fingerprint density at radius 2 is 0.722 bits per heavy atom. The zero-order chi connectivity index (χ0) is 57.6. The van der Waals surface area contributed by atoms with Crippen LogP contribution in [0.2, 0.25) is 0 Å². The third kappa shape index (κ3) is 61.9. The van der Waals surface area contributed by atoms with Crippen LogP contribution in [0.25, 0.3) is 0 Å². The highest BCUT2D eigenvalue weighted by molar-refractivity contribution is 5.71. The van der Waals surface area contributed by atoms with Crippen LogP contribution in [0.3, 0.4) is 0 Å². The molecule has 0 heterocycles. The van der Waals surface area contributed by atoms with E-state index in [0.717, 1.165) is 77.0 Å². The number of carboxylic acids is 1. The molecule has 0 aliphatic heterocycles. The molecule has 2 unspecified atom stereocenters. The van der Waals surface area contributed by atoms with E-state index < -0.39 is 24.3 Å². The van der Waals surface area contributed by atoms with E-state index in [9.17, 15) is 19.5 Å². The van der Waals surface area contributed by atoms with E-state index in [-0.39, 0.29) is 32.2 Å². The van der Waals surface area contributed by atoms with Crippen molar-refractivity contribution in [2.24, 2.45) is 0 Å². The van der Waals surface area contributed by atoms with Gasteiger partial charge in [-0.2, -0.15) is 0 Å². The van der Waals surface area contributed by atoms with Gasteiger partial charge in [0.2, 0.25) is 0 Å². The smallest absolute Gasteiger partial charge is 0.361 e. The van der Waals surface area contributed by atoms with Crippen molar-refractivity contribution in [2.45, 2.75) is 296 Å². The minimum absolute atomic E-state index is 0.184. The standard InChI is InChI=1S/C70H123NO8/c1-6-8-10-12-14-16-18-20-22-24-26-28-30-31-32-33-34-35-36-37-39-41-43-45-47-49-51-53-55-57-59-61-68(73)79-66(65-78-70(69(74)75)76-63-62-71(3,4)5)64-77-67(72)60-58-56-54-52-50-48-46-44-42-40-38-29-27-25-23-21-19-17-15-13-11-9-7-2/h8,10,14,16,20,22,25-28,31-32,34-35,66,70H,6-7,9,11-13,15,17-19,21,23-24,29-30,33,36-65H2,1-5H3/p+1/b10-8-,16-14-,22-20-,27-25-,28-26-,32-31-,35-34-. The molecule has 0 rings (SSSR count). The number of aliphatic carboxylic acids is 1. The van der Waals surface area contributed by atoms with Gasteiger partial charge >= 0.3 is 17.9 Å². The second-order valence-corrected chi connectivity index (χ2v) is 23.0. The molecule has 0 bridgehead atoms. The van der Waals surface area contributed by atoms with Crippen molar-refractivity contribution in [2.75, 3.05) is 47.5 Å². The zero-order valence-electron chi connectivity index (χ0n) is 52.0. The highest BCUT2D eigenvalue weighted by Crippen LogP contribution is 2.17. The van der Waals surface area contributed by atoms with Gasteiger partial charge in [-0.15, -0.1) is 0 Å². The number of rotatable bonds is 60. The summed E-state index contributed by atoms with van der Waals surface area (Å²) in [5, 5.41) is 9.73. The van der Waals surface area contributed by atoms with Gasteiger partial charge in [0.25, 0.3) is 6.29 Å². The van der Waals surface area contributed by atoms with Gasteiger partial charge in [0.05, 0.1) is 34.4 Å². The van der Waals surface area contributed by atoms with Gasteiger partial charge in [-0.25, -0.2) is 4.79 Å². The number of esters is 2. The summed E-state index contributed by atoms with van der Waals surface area (Å²) in [6, 6.07) is 0. The summed E-state index contributed by atoms with van der Waals surface area (Å²) >= 11 is 0. The van der Waals surface area contributed by atoms with E-state index in [1.54, 1.807) is 0 Å². The molecule has 0 saturated heterocycles. The summed E-state index contributed by atoms with van der Waals surface area (Å²) in [5.41, 5.74) is 0. The first-order valence-corrected chi connectivity index (χ1v) is 32.8. The van der Waals surface area contributed by atoms with E-state index >= 15 is 0 Å². The molecular weight excluding hydrogens is 983 g/mol. The van der Waals surface area contributed by atoms with Gasteiger partial charge in [-0.3, -0.25) is 9.59 Å². The number of quaternary nitrogens is 1. The van der Waals surface area contributed by atoms with Crippen molar-refractivity contribution >= 4 is 17.9 Å². The minimum atomic E-state index is -1.51. The summed E-state index contributed by atoms with van der Waals surface area (Å²) in [5.74, 6) is -2.00. The molecule has 0 saturated carbocycles. The van der Waals surface area contributed by atoms with Crippen LogP contribution >= 0.6 is 0 Å². The van der Waals surface area contributed by atoms with Gasteiger partial charge in [-0.05, 0) is 89.9 Å². The first-order chi connectivity index (χ1) is 38.6. The molecule has 79 heavy (non-hydrogen) atoms. The van der Waals surface area contributed by atoms with Crippen LogP contribution < -0.4 is 0 Å². The summed E-state index contributed by atoms with van der Waals surface area (Å²) < 4.78 is 23.0. The van der Waals surface area contributed by atoms with Crippen molar-refractivity contribution in [1.29, 1.82) is 0 Å². The van der Waals surface area contributed by atoms with Crippen LogP contribution in [0.5, 0.6) is 0 Å². The molecule has 456 valence electrons. The van der Waals surface area contributed by atoms with Crippen LogP contribution in [0.15, 0.2) is 85.1 Å². The molecule has 0 amide bonds. The topological polar surface area (TPSA) is 108 Å². The number of ether oxygens (including phenoxy) is 4. The Labute approximate surface area is 487 Å². The minimum Gasteiger partial charge on any atom is -0.477 e. The summed E-state index contributed by atoms with van der Waals surface area (Å²) in [4.78, 5) is 37.6. The highest BCUT2D eigenvalue weighted by atomic mass is 16.7. The van der Waals surface area contributed by atoms with Crippen molar-refractivity contribution in [1.82, 2.24) is 0 Å². The second-order valence-electron chi connectivity index (χ2n) is 23.0. The number of hydrogen-bond donors (Lipinski definition) is 1. The number of nitrogens with zero attached hydrogens (tertiary/aromatic N) is 1. The number of hydrogen-bond acceptors (Lipinski definition) is 7. The quantitative estimate of drug-likeness (QED) is 0.0211. The maximum absolute atomic E-state index is 12.9. The molecular formula is C70H124NO8+. The fraction of sp³-hybridized carbons (Fsp3) is 0.757. The number of carbonyl (C=O) groups is 3. The third-order valence-corrected chi connectivity index (χ3v) is 14.1. The first kappa shape index (κ1) is 75.5. The van der Waals surface area contributed by atoms with Crippen LogP contribution in [0.4, 0.5) is 0 Å². The molecule has 0 fully saturated rings. The van der Waals surface area contributed by atoms with E-state index in [2.05, 4.69) is 98.9 Å². The van der Waals surface area contributed by atoms with Crippen molar-refractivity contribution in [3.63, 3.8) is 0 Å². The molecule has 0 aromatic heterocycles. The van der Waals surface area contributed by atoms with E-state index in [1.165, 1.54) is 173 Å². The maximum atomic E-state index is 12.9. The summed E-state index contributed by atoms with van der Waals surface area (Å²) in [7, 11) is 5.97. The molecule has 0 aromatic rings. The van der Waals surface area contributed by atoms with Crippen molar-refractivity contribution < 1.29 is 42.9 Å². The van der Waals surface area contributed by atoms with E-state index in [0.29, 0.717) is 23.9 Å². The van der Waals surface area contributed by atoms with Gasteiger partial charge < -0.3 is 28.5 Å². The second kappa shape index (κ2) is 60.6. The van der Waals surface area contributed by atoms with Crippen LogP contribution in [0, 0.1) is 0 Å². The third-order valence-electron chi connectivity index (χ3n) is 14.1. The average Bonchev–Trinajstić information content (AvgIpc) is 3.42. The molecule has 0 spiro atoms. The van der Waals surface area contributed by atoms with Crippen LogP contribution in [-0.4, -0.2) is 87.4 Å². The molecule has 9 heteroatoms. The Morgan fingerprint density at radius 3 is 1.09 bits per heavy atom. The number of carbonyl (C=O) groups excluding carboxylic acids is 2. The molecule has 2 atom stereocenters. The maximum Gasteiger partial charge on any atom is 0.361 e. The number of likely N-dealkylation sites (N-methyl/N-ethyl adjacent to an activating group) is 1. The molecule has 9 nitrogen and oxygen atoms in total. The van der Waals surface area contributed by atoms with Gasteiger partial charge in [0.15, 0.2) is 6.10 Å². The largest absolute Gasteiger partial charge is 0.477 e. The molecule has 1 N–H and O–H groups in total. The van der Waals surface area contributed by atoms with Crippen molar-refractivity contribution in [3.05, 3.63) is 85.1 Å². The Bertz CT molecular complexity index is 1570. The first-order valence-electron chi connectivity index (χ1n) is 32.8. The lowest BCUT2D eigenvalue weighted by Gasteiger charge is -2.25. The average molecular weight is 1110 g/mol. The van der Waals surface area contributed by atoms with E-state index in [4.69, 9.17) is 18.9 Å². The number of carboxylic acid groups (broad SMARTS) is 1. The normalized spacial score (nSPS) is 13.3. The summed E-state index contributed by atoms with van der Waals surface area (Å²) in [6.07, 6.45) is 78.2. The lowest BCUT2D eigenvalue weighted by atomic mass is 10.0. The Hall–Kier alpha value is -3.53. The predicted molar refractivity (Wildman–Crippen MR) is 336 cm³/mol. The zero-order valence-corrected chi connectivity index (χ0v) is 52.0. The summed E-state index contributed by atoms with van der Waals surface area (Å²) in [6.45, 7) is 4.79. The monoisotopic (exact) mass is 1110 g/mol. The molecule has 0 radical (unpaired) electrons. The molecule has 0 aliphatic carbocycles. The van der Waals surface area contributed by atoms with Crippen LogP contribution in [-0.2, 0) is 33.3 Å². The Kier molecular flexibility index (Phi) is 57.9. The lowest BCUT2D eigenvalue weighted by molar-refractivity contribution is -0.870. The fourth-order valence-corrected chi connectivity index (χ4v) is 9.13. The van der Waals surface area contributed by atoms with Gasteiger partial charge in [0.1, 0.15) is 13.2 Å². The molecule has 0 aromatic carbocycles.